The molecule has 1 heterocycles. The van der Waals surface area contributed by atoms with Crippen molar-refractivity contribution in [3.8, 4) is 5.75 Å². The fourth-order valence-electron chi connectivity index (χ4n) is 3.10. The molecule has 21 heavy (non-hydrogen) atoms. The monoisotopic (exact) mass is 294 g/mol. The quantitative estimate of drug-likeness (QED) is 0.842. The van der Waals surface area contributed by atoms with Gasteiger partial charge in [0.05, 0.1) is 0 Å². The highest BCUT2D eigenvalue weighted by Gasteiger charge is 2.27. The van der Waals surface area contributed by atoms with Crippen molar-refractivity contribution in [1.82, 2.24) is 0 Å². The van der Waals surface area contributed by atoms with E-state index < -0.39 is 6.10 Å². The fourth-order valence-corrected chi connectivity index (χ4v) is 3.10. The summed E-state index contributed by atoms with van der Waals surface area (Å²) in [7, 11) is 0. The van der Waals surface area contributed by atoms with Gasteiger partial charge in [-0.2, -0.15) is 0 Å². The van der Waals surface area contributed by atoms with Crippen LogP contribution in [0.5, 0.6) is 5.75 Å². The molecule has 1 aromatic carbocycles. The smallest absolute Gasteiger partial charge is 0.137 e. The highest BCUT2D eigenvalue weighted by molar-refractivity contribution is 5.35. The molecule has 1 fully saturated rings. The molecule has 0 amide bonds. The van der Waals surface area contributed by atoms with Gasteiger partial charge in [0.25, 0.3) is 0 Å². The van der Waals surface area contributed by atoms with Gasteiger partial charge in [-0.05, 0) is 39.3 Å². The Bertz CT molecular complexity index is 453. The summed E-state index contributed by atoms with van der Waals surface area (Å²) < 4.78 is 11.5. The van der Waals surface area contributed by atoms with Crippen LogP contribution >= 0.6 is 0 Å². The number of morpholine rings is 1. The van der Waals surface area contributed by atoms with E-state index in [1.54, 1.807) is 0 Å². The van der Waals surface area contributed by atoms with Gasteiger partial charge in [-0.15, -0.1) is 0 Å². The summed E-state index contributed by atoms with van der Waals surface area (Å²) in [5.41, 5.74) is 2.34. The summed E-state index contributed by atoms with van der Waals surface area (Å²) in [4.78, 5) is 1.39. The molecule has 4 atom stereocenters. The van der Waals surface area contributed by atoms with Crippen molar-refractivity contribution >= 4 is 0 Å². The summed E-state index contributed by atoms with van der Waals surface area (Å²) in [6.07, 6.45) is 0.0747. The van der Waals surface area contributed by atoms with Gasteiger partial charge >= 0.3 is 0 Å². The van der Waals surface area contributed by atoms with Crippen LogP contribution in [0.2, 0.25) is 0 Å². The Morgan fingerprint density at radius 3 is 2.57 bits per heavy atom. The lowest BCUT2D eigenvalue weighted by atomic mass is 10.1. The Balaban J connectivity index is 1.80. The number of benzene rings is 1. The van der Waals surface area contributed by atoms with Gasteiger partial charge in [-0.1, -0.05) is 17.7 Å². The number of nitrogens with one attached hydrogen (secondary N) is 1. The zero-order chi connectivity index (χ0) is 15.4. The Morgan fingerprint density at radius 1 is 1.29 bits per heavy atom. The van der Waals surface area contributed by atoms with Gasteiger partial charge < -0.3 is 19.5 Å². The number of ether oxygens (including phenoxy) is 2. The molecule has 2 N–H and O–H groups in total. The predicted molar refractivity (Wildman–Crippen MR) is 83.0 cm³/mol. The molecule has 1 unspecified atom stereocenters. The normalized spacial score (nSPS) is 27.4. The van der Waals surface area contributed by atoms with Gasteiger partial charge in [0.15, 0.2) is 0 Å². The number of quaternary nitrogens is 1. The molecule has 1 aliphatic rings. The van der Waals surface area contributed by atoms with Crippen molar-refractivity contribution in [2.45, 2.75) is 46.0 Å². The van der Waals surface area contributed by atoms with Crippen molar-refractivity contribution in [3.63, 3.8) is 0 Å². The zero-order valence-electron chi connectivity index (χ0n) is 13.6. The number of aryl methyl sites for hydroxylation is 2. The SMILES string of the molecule is Cc1ccc(OC[C@H](O)C[NH+]2C[C@@H](C)O[C@@H](C)C2)c(C)c1. The molecule has 118 valence electrons. The molecule has 0 aromatic heterocycles. The third kappa shape index (κ3) is 4.99. The molecular weight excluding hydrogens is 266 g/mol. The van der Waals surface area contributed by atoms with Gasteiger partial charge in [0, 0.05) is 0 Å². The lowest BCUT2D eigenvalue weighted by Gasteiger charge is -2.33. The van der Waals surface area contributed by atoms with E-state index >= 15 is 0 Å². The predicted octanol–water partition coefficient (Wildman–Crippen LogP) is 0.735. The first-order chi connectivity index (χ1) is 9.94. The first-order valence-electron chi connectivity index (χ1n) is 7.81. The number of rotatable bonds is 5. The summed E-state index contributed by atoms with van der Waals surface area (Å²) in [5, 5.41) is 10.2. The van der Waals surface area contributed by atoms with Crippen LogP contribution in [-0.2, 0) is 4.74 Å². The molecule has 0 aliphatic carbocycles. The molecule has 0 bridgehead atoms. The Morgan fingerprint density at radius 2 is 1.95 bits per heavy atom. The highest BCUT2D eigenvalue weighted by Crippen LogP contribution is 2.18. The third-order valence-electron chi connectivity index (χ3n) is 3.90. The highest BCUT2D eigenvalue weighted by atomic mass is 16.5. The van der Waals surface area contributed by atoms with Crippen LogP contribution in [0.15, 0.2) is 18.2 Å². The summed E-state index contributed by atoms with van der Waals surface area (Å²) in [6, 6.07) is 6.10. The number of aliphatic hydroxyl groups excluding tert-OH is 1. The lowest BCUT2D eigenvalue weighted by Crippen LogP contribution is -3.16. The molecule has 1 aromatic rings. The van der Waals surface area contributed by atoms with E-state index in [1.807, 2.05) is 19.1 Å². The van der Waals surface area contributed by atoms with Crippen LogP contribution in [0.4, 0.5) is 0 Å². The van der Waals surface area contributed by atoms with Crippen LogP contribution < -0.4 is 9.64 Å². The average Bonchev–Trinajstić information content (AvgIpc) is 2.36. The van der Waals surface area contributed by atoms with Crippen molar-refractivity contribution in [3.05, 3.63) is 29.3 Å². The zero-order valence-corrected chi connectivity index (χ0v) is 13.6. The van der Waals surface area contributed by atoms with E-state index in [4.69, 9.17) is 9.47 Å². The van der Waals surface area contributed by atoms with Crippen LogP contribution in [0, 0.1) is 13.8 Å². The molecule has 0 saturated carbocycles. The maximum atomic E-state index is 10.2. The minimum atomic E-state index is -0.446. The van der Waals surface area contributed by atoms with E-state index in [0.29, 0.717) is 13.2 Å². The largest absolute Gasteiger partial charge is 0.490 e. The second-order valence-electron chi connectivity index (χ2n) is 6.35. The Kier molecular flexibility index (Phi) is 5.62. The summed E-state index contributed by atoms with van der Waals surface area (Å²) in [6.45, 7) is 11.2. The Hall–Kier alpha value is -1.10. The average molecular weight is 294 g/mol. The minimum Gasteiger partial charge on any atom is -0.490 e. The van der Waals surface area contributed by atoms with Crippen LogP contribution in [0.1, 0.15) is 25.0 Å². The second kappa shape index (κ2) is 7.25. The maximum Gasteiger partial charge on any atom is 0.137 e. The molecule has 1 saturated heterocycles. The molecular formula is C17H28NO3+. The van der Waals surface area contributed by atoms with E-state index in [1.165, 1.54) is 10.5 Å². The standard InChI is InChI=1S/C17H27NO3/c1-12-5-6-17(13(2)7-12)20-11-16(19)10-18-8-14(3)21-15(4)9-18/h5-7,14-16,19H,8-11H2,1-4H3/p+1/t14-,15+,16-/m1/s1. The summed E-state index contributed by atoms with van der Waals surface area (Å²) in [5.74, 6) is 0.860. The summed E-state index contributed by atoms with van der Waals surface area (Å²) >= 11 is 0. The first kappa shape index (κ1) is 16.3. The topological polar surface area (TPSA) is 43.1 Å². The molecule has 0 spiro atoms. The van der Waals surface area contributed by atoms with E-state index in [-0.39, 0.29) is 12.2 Å². The van der Waals surface area contributed by atoms with Crippen molar-refractivity contribution in [2.24, 2.45) is 0 Å². The van der Waals surface area contributed by atoms with Crippen LogP contribution in [-0.4, -0.2) is 49.7 Å². The van der Waals surface area contributed by atoms with E-state index in [2.05, 4.69) is 26.8 Å². The molecule has 2 rings (SSSR count). The van der Waals surface area contributed by atoms with E-state index in [9.17, 15) is 5.11 Å². The Labute approximate surface area is 127 Å². The van der Waals surface area contributed by atoms with Gasteiger partial charge in [0.2, 0.25) is 0 Å². The molecule has 4 heteroatoms. The fraction of sp³-hybridized carbons (Fsp3) is 0.647. The third-order valence-corrected chi connectivity index (χ3v) is 3.90. The van der Waals surface area contributed by atoms with Crippen molar-refractivity contribution in [2.75, 3.05) is 26.2 Å². The van der Waals surface area contributed by atoms with Crippen molar-refractivity contribution in [1.29, 1.82) is 0 Å². The van der Waals surface area contributed by atoms with Gasteiger partial charge in [-0.3, -0.25) is 0 Å². The molecule has 1 aliphatic heterocycles. The molecule has 0 radical (unpaired) electrons. The van der Waals surface area contributed by atoms with Crippen LogP contribution in [0.3, 0.4) is 0 Å². The lowest BCUT2D eigenvalue weighted by molar-refractivity contribution is -0.918. The maximum absolute atomic E-state index is 10.2. The van der Waals surface area contributed by atoms with E-state index in [0.717, 1.165) is 24.4 Å². The van der Waals surface area contributed by atoms with Crippen molar-refractivity contribution < 1.29 is 19.5 Å². The van der Waals surface area contributed by atoms with Gasteiger partial charge in [-0.25, -0.2) is 0 Å². The van der Waals surface area contributed by atoms with Crippen LogP contribution in [0.25, 0.3) is 0 Å². The number of aliphatic hydroxyl groups is 1. The number of hydrogen-bond donors (Lipinski definition) is 2. The minimum absolute atomic E-state index is 0.260. The second-order valence-corrected chi connectivity index (χ2v) is 6.35. The van der Waals surface area contributed by atoms with Gasteiger partial charge in [0.1, 0.15) is 50.3 Å². The molecule has 4 nitrogen and oxygen atoms in total. The number of hydrogen-bond acceptors (Lipinski definition) is 3. The first-order valence-corrected chi connectivity index (χ1v) is 7.81.